The van der Waals surface area contributed by atoms with Gasteiger partial charge in [-0.15, -0.1) is 0 Å². The van der Waals surface area contributed by atoms with Gasteiger partial charge < -0.3 is 10.6 Å². The van der Waals surface area contributed by atoms with Gasteiger partial charge in [0.15, 0.2) is 5.65 Å². The second-order valence-corrected chi connectivity index (χ2v) is 10.2. The smallest absolute Gasteiger partial charge is 0.261 e. The van der Waals surface area contributed by atoms with E-state index in [0.717, 1.165) is 24.2 Å². The third-order valence-corrected chi connectivity index (χ3v) is 6.21. The van der Waals surface area contributed by atoms with E-state index >= 15 is 0 Å². The van der Waals surface area contributed by atoms with Crippen LogP contribution in [0.2, 0.25) is 0 Å². The molecule has 13 nitrogen and oxygen atoms in total. The third kappa shape index (κ3) is 9.41. The predicted molar refractivity (Wildman–Crippen MR) is 172 cm³/mol. The molecule has 44 heavy (non-hydrogen) atoms. The van der Waals surface area contributed by atoms with Gasteiger partial charge in [-0.05, 0) is 24.7 Å². The zero-order valence-corrected chi connectivity index (χ0v) is 27.5. The molecule has 0 spiro atoms. The summed E-state index contributed by atoms with van der Waals surface area (Å²) in [5, 5.41) is 16.2. The number of hydrogen-bond donors (Lipinski definition) is 3. The Labute approximate surface area is 259 Å². The molecular weight excluding hydrogens is 560 g/mol. The highest BCUT2D eigenvalue weighted by Gasteiger charge is 2.30. The lowest BCUT2D eigenvalue weighted by Gasteiger charge is -2.12. The standard InChI is InChI=1S/C14H18N6O2.C13H16N4O.2C2H6/c1-8(2)11-10(13(22)15-3)6-16-14(18-11)19-12(21)9-5-17-20(4)7-9;1-8(2)10-7-11(16-13(18)9-3-4-9)15-12-5-6-14-17(10)12;2*1-2/h5-8H,1-4H3,(H,15,22)(H,16,18,19,21);5-9H,3-4H2,1-2H3,(H,15,16,18);2*1-2H3. The van der Waals surface area contributed by atoms with Gasteiger partial charge in [0.25, 0.3) is 11.8 Å². The van der Waals surface area contributed by atoms with E-state index in [9.17, 15) is 14.4 Å². The van der Waals surface area contributed by atoms with Crippen molar-refractivity contribution in [2.75, 3.05) is 17.7 Å². The molecule has 13 heteroatoms. The number of carbonyl (C=O) groups excluding carboxylic acids is 3. The zero-order valence-electron chi connectivity index (χ0n) is 27.5. The molecule has 1 aliphatic rings. The van der Waals surface area contributed by atoms with Crippen molar-refractivity contribution in [2.45, 2.75) is 80.1 Å². The second kappa shape index (κ2) is 16.8. The maximum absolute atomic E-state index is 12.1. The molecule has 0 atom stereocenters. The lowest BCUT2D eigenvalue weighted by Crippen LogP contribution is -2.22. The molecule has 3 amide bonds. The number of hydrogen-bond acceptors (Lipinski definition) is 8. The van der Waals surface area contributed by atoms with E-state index in [0.29, 0.717) is 28.6 Å². The Morgan fingerprint density at radius 2 is 1.59 bits per heavy atom. The number of nitrogens with zero attached hydrogens (tertiary/aromatic N) is 7. The summed E-state index contributed by atoms with van der Waals surface area (Å²) in [7, 11) is 3.27. The molecule has 1 fully saturated rings. The number of fused-ring (bicyclic) bond motifs is 1. The maximum Gasteiger partial charge on any atom is 0.261 e. The van der Waals surface area contributed by atoms with Gasteiger partial charge in [-0.1, -0.05) is 55.4 Å². The number of aromatic nitrogens is 7. The Hall–Kier alpha value is -4.68. The van der Waals surface area contributed by atoms with Crippen molar-refractivity contribution in [1.82, 2.24) is 39.7 Å². The molecule has 0 bridgehead atoms. The fourth-order valence-electron chi connectivity index (χ4n) is 3.90. The van der Waals surface area contributed by atoms with E-state index < -0.39 is 0 Å². The number of rotatable bonds is 7. The molecule has 0 aromatic carbocycles. The fraction of sp³-hybridized carbons (Fsp3) is 0.484. The van der Waals surface area contributed by atoms with Gasteiger partial charge in [0.1, 0.15) is 5.82 Å². The molecule has 1 aliphatic carbocycles. The topological polar surface area (TPSA) is 161 Å². The van der Waals surface area contributed by atoms with Crippen LogP contribution < -0.4 is 16.0 Å². The molecule has 0 unspecified atom stereocenters. The van der Waals surface area contributed by atoms with Crippen molar-refractivity contribution in [3.63, 3.8) is 0 Å². The lowest BCUT2D eigenvalue weighted by atomic mass is 10.0. The van der Waals surface area contributed by atoms with Crippen LogP contribution in [0.25, 0.3) is 5.65 Å². The van der Waals surface area contributed by atoms with E-state index in [4.69, 9.17) is 0 Å². The van der Waals surface area contributed by atoms with Crippen LogP contribution in [-0.2, 0) is 11.8 Å². The summed E-state index contributed by atoms with van der Waals surface area (Å²) in [6.07, 6.45) is 8.19. The van der Waals surface area contributed by atoms with Gasteiger partial charge in [0, 0.05) is 44.5 Å². The molecule has 0 aliphatic heterocycles. The third-order valence-electron chi connectivity index (χ3n) is 6.21. The van der Waals surface area contributed by atoms with Crippen molar-refractivity contribution in [3.8, 4) is 0 Å². The highest BCUT2D eigenvalue weighted by atomic mass is 16.2. The van der Waals surface area contributed by atoms with E-state index in [-0.39, 0.29) is 35.5 Å². The molecule has 3 N–H and O–H groups in total. The van der Waals surface area contributed by atoms with Gasteiger partial charge in [-0.3, -0.25) is 24.4 Å². The maximum atomic E-state index is 12.1. The zero-order chi connectivity index (χ0) is 33.0. The highest BCUT2D eigenvalue weighted by Crippen LogP contribution is 2.30. The van der Waals surface area contributed by atoms with Crippen molar-refractivity contribution in [2.24, 2.45) is 13.0 Å². The Morgan fingerprint density at radius 3 is 2.14 bits per heavy atom. The molecule has 4 heterocycles. The first-order chi connectivity index (χ1) is 21.1. The average molecular weight is 607 g/mol. The molecule has 4 aromatic heterocycles. The van der Waals surface area contributed by atoms with Crippen LogP contribution >= 0.6 is 0 Å². The van der Waals surface area contributed by atoms with Crippen LogP contribution in [0, 0.1) is 5.92 Å². The van der Waals surface area contributed by atoms with Crippen LogP contribution in [0.5, 0.6) is 0 Å². The quantitative estimate of drug-likeness (QED) is 0.259. The number of anilines is 2. The molecule has 0 saturated heterocycles. The van der Waals surface area contributed by atoms with Gasteiger partial charge >= 0.3 is 0 Å². The summed E-state index contributed by atoms with van der Waals surface area (Å²) in [4.78, 5) is 48.3. The largest absolute Gasteiger partial charge is 0.355 e. The molecule has 5 rings (SSSR count). The van der Waals surface area contributed by atoms with Crippen molar-refractivity contribution >= 4 is 35.1 Å². The predicted octanol–water partition coefficient (Wildman–Crippen LogP) is 5.20. The van der Waals surface area contributed by atoms with E-state index in [1.54, 1.807) is 26.5 Å². The number of carbonyl (C=O) groups is 3. The van der Waals surface area contributed by atoms with Gasteiger partial charge in [-0.2, -0.15) is 10.2 Å². The summed E-state index contributed by atoms with van der Waals surface area (Å²) in [6, 6.07) is 3.75. The summed E-state index contributed by atoms with van der Waals surface area (Å²) < 4.78 is 3.35. The first-order valence-corrected chi connectivity index (χ1v) is 15.1. The van der Waals surface area contributed by atoms with Crippen molar-refractivity contribution in [3.05, 3.63) is 59.4 Å². The Bertz CT molecular complexity index is 1540. The van der Waals surface area contributed by atoms with Crippen LogP contribution in [-0.4, -0.2) is 59.1 Å². The summed E-state index contributed by atoms with van der Waals surface area (Å²) >= 11 is 0. The first-order valence-electron chi connectivity index (χ1n) is 15.1. The Kier molecular flexibility index (Phi) is 13.6. The molecule has 4 aromatic rings. The van der Waals surface area contributed by atoms with Crippen LogP contribution in [0.1, 0.15) is 112 Å². The van der Waals surface area contributed by atoms with Gasteiger partial charge in [0.2, 0.25) is 11.9 Å². The minimum atomic E-state index is -0.351. The van der Waals surface area contributed by atoms with Crippen LogP contribution in [0.3, 0.4) is 0 Å². The lowest BCUT2D eigenvalue weighted by molar-refractivity contribution is -0.117. The minimum absolute atomic E-state index is 0.0179. The normalized spacial score (nSPS) is 11.8. The molecule has 238 valence electrons. The summed E-state index contributed by atoms with van der Waals surface area (Å²) in [6.45, 7) is 16.0. The summed E-state index contributed by atoms with van der Waals surface area (Å²) in [5.41, 5.74) is 3.21. The minimum Gasteiger partial charge on any atom is -0.355 e. The monoisotopic (exact) mass is 606 g/mol. The van der Waals surface area contributed by atoms with Crippen molar-refractivity contribution in [1.29, 1.82) is 0 Å². The van der Waals surface area contributed by atoms with E-state index in [2.05, 4.69) is 54.9 Å². The molecular formula is C31H46N10O3. The highest BCUT2D eigenvalue weighted by molar-refractivity contribution is 6.03. The van der Waals surface area contributed by atoms with Gasteiger partial charge in [-0.25, -0.2) is 19.5 Å². The fourth-order valence-corrected chi connectivity index (χ4v) is 3.90. The SMILES string of the molecule is CC.CC.CC(C)c1cc(NC(=O)C2CC2)nc2ccnn12.CNC(=O)c1cnc(NC(=O)c2cnn(C)c2)nc1C(C)C. The first kappa shape index (κ1) is 35.5. The average Bonchev–Trinajstić information content (AvgIpc) is 3.62. The second-order valence-electron chi connectivity index (χ2n) is 10.2. The van der Waals surface area contributed by atoms with Crippen molar-refractivity contribution < 1.29 is 14.4 Å². The van der Waals surface area contributed by atoms with Crippen LogP contribution in [0.15, 0.2) is 36.9 Å². The van der Waals surface area contributed by atoms with Crippen LogP contribution in [0.4, 0.5) is 11.8 Å². The van der Waals surface area contributed by atoms with E-state index in [1.807, 2.05) is 58.2 Å². The van der Waals surface area contributed by atoms with Gasteiger partial charge in [0.05, 0.1) is 34.9 Å². The molecule has 1 saturated carbocycles. The van der Waals surface area contributed by atoms with E-state index in [1.165, 1.54) is 17.1 Å². The number of aryl methyl sites for hydroxylation is 1. The summed E-state index contributed by atoms with van der Waals surface area (Å²) in [5.74, 6) is 0.797. The number of amides is 3. The Morgan fingerprint density at radius 1 is 0.909 bits per heavy atom. The number of nitrogens with one attached hydrogen (secondary N) is 3. The Balaban J connectivity index is 0.000000279. The molecule has 0 radical (unpaired) electrons.